The van der Waals surface area contributed by atoms with Gasteiger partial charge in [-0.3, -0.25) is 0 Å². The van der Waals surface area contributed by atoms with Gasteiger partial charge in [0.15, 0.2) is 6.20 Å². The average Bonchev–Trinajstić information content (AvgIpc) is 2.54. The zero-order chi connectivity index (χ0) is 22.6. The Morgan fingerprint density at radius 1 is 0.724 bits per heavy atom. The van der Waals surface area contributed by atoms with Crippen molar-refractivity contribution in [3.63, 3.8) is 0 Å². The Hall–Kier alpha value is -2.05. The Bertz CT molecular complexity index is 920. The fourth-order valence-electron chi connectivity index (χ4n) is 3.33. The number of hydrogen-bond donors (Lipinski definition) is 0. The van der Waals surface area contributed by atoms with Crippen molar-refractivity contribution < 1.29 is 30.9 Å². The smallest absolute Gasteiger partial charge is 0.201 e. The van der Waals surface area contributed by atoms with Crippen LogP contribution in [-0.4, -0.2) is 12.4 Å². The number of nitrogens with zero attached hydrogens (tertiary/aromatic N) is 1. The molecule has 0 unspecified atom stereocenters. The molecule has 2 rings (SSSR count). The van der Waals surface area contributed by atoms with Crippen molar-refractivity contribution in [3.8, 4) is 11.3 Å². The van der Waals surface area contributed by atoms with Crippen LogP contribution in [0.4, 0.5) is 26.3 Å². The number of halogens is 6. The molecule has 0 N–H and O–H groups in total. The van der Waals surface area contributed by atoms with Gasteiger partial charge in [-0.15, -0.1) is 0 Å². The number of rotatable bonds is 3. The summed E-state index contributed by atoms with van der Waals surface area (Å²) in [5.41, 5.74) is -1.33. The molecule has 1 aromatic heterocycles. The fraction of sp³-hybridized carbons (Fsp3) is 0.500. The van der Waals surface area contributed by atoms with Crippen LogP contribution in [0.1, 0.15) is 49.9 Å². The van der Waals surface area contributed by atoms with Crippen LogP contribution >= 0.6 is 0 Å². The Balaban J connectivity index is 2.59. The zero-order valence-corrected chi connectivity index (χ0v) is 17.6. The second-order valence-corrected chi connectivity index (χ2v) is 8.64. The molecule has 2 aromatic rings. The van der Waals surface area contributed by atoms with Gasteiger partial charge in [0.1, 0.15) is 7.05 Å². The maximum Gasteiger partial charge on any atom is 0.398 e. The minimum absolute atomic E-state index is 0.139. The van der Waals surface area contributed by atoms with Crippen molar-refractivity contribution in [2.24, 2.45) is 7.05 Å². The highest BCUT2D eigenvalue weighted by molar-refractivity contribution is 5.63. The van der Waals surface area contributed by atoms with E-state index in [1.54, 1.807) is 37.6 Å². The molecule has 0 saturated carbocycles. The molecular formula is C22H26F6N+. The summed E-state index contributed by atoms with van der Waals surface area (Å²) >= 11 is 0. The minimum Gasteiger partial charge on any atom is -0.201 e. The minimum atomic E-state index is -4.41. The SMILES string of the molecule is Cc1cc(C(C)(C)C(F)(F)F)ccc1-c1cc(C)c(C(C)(C)C(F)(F)F)c[n+]1C. The van der Waals surface area contributed by atoms with Crippen molar-refractivity contribution in [3.05, 3.63) is 52.7 Å². The third kappa shape index (κ3) is 4.01. The van der Waals surface area contributed by atoms with Gasteiger partial charge in [-0.25, -0.2) is 4.57 Å². The summed E-state index contributed by atoms with van der Waals surface area (Å²) in [6.07, 6.45) is -7.36. The van der Waals surface area contributed by atoms with Crippen molar-refractivity contribution >= 4 is 0 Å². The lowest BCUT2D eigenvalue weighted by Crippen LogP contribution is -2.41. The molecule has 0 fully saturated rings. The monoisotopic (exact) mass is 418 g/mol. The van der Waals surface area contributed by atoms with Crippen LogP contribution in [0.3, 0.4) is 0 Å². The summed E-state index contributed by atoms with van der Waals surface area (Å²) in [5, 5.41) is 0. The molecular weight excluding hydrogens is 392 g/mol. The second-order valence-electron chi connectivity index (χ2n) is 8.64. The number of benzene rings is 1. The maximum atomic E-state index is 13.5. The molecule has 0 bridgehead atoms. The molecule has 0 aliphatic rings. The third-order valence-electron chi connectivity index (χ3n) is 5.80. The van der Waals surface area contributed by atoms with Crippen molar-refractivity contribution in [2.45, 2.75) is 64.7 Å². The molecule has 0 aliphatic carbocycles. The molecule has 0 spiro atoms. The number of aryl methyl sites for hydroxylation is 3. The lowest BCUT2D eigenvalue weighted by atomic mass is 9.81. The highest BCUT2D eigenvalue weighted by atomic mass is 19.4. The van der Waals surface area contributed by atoms with E-state index in [4.69, 9.17) is 0 Å². The highest BCUT2D eigenvalue weighted by Gasteiger charge is 2.51. The van der Waals surface area contributed by atoms with Crippen LogP contribution in [-0.2, 0) is 17.9 Å². The van der Waals surface area contributed by atoms with Crippen LogP contribution in [0.2, 0.25) is 0 Å². The van der Waals surface area contributed by atoms with E-state index in [1.807, 2.05) is 0 Å². The topological polar surface area (TPSA) is 3.88 Å². The summed E-state index contributed by atoms with van der Waals surface area (Å²) in [5.74, 6) is 0. The van der Waals surface area contributed by atoms with Gasteiger partial charge in [0, 0.05) is 17.2 Å². The van der Waals surface area contributed by atoms with Gasteiger partial charge < -0.3 is 0 Å². The molecule has 29 heavy (non-hydrogen) atoms. The Morgan fingerprint density at radius 2 is 1.24 bits per heavy atom. The Labute approximate surface area is 167 Å². The first-order valence-corrected chi connectivity index (χ1v) is 9.17. The van der Waals surface area contributed by atoms with E-state index in [1.165, 1.54) is 18.3 Å². The first-order chi connectivity index (χ1) is 12.9. The van der Waals surface area contributed by atoms with E-state index >= 15 is 0 Å². The molecule has 0 radical (unpaired) electrons. The summed E-state index contributed by atoms with van der Waals surface area (Å²) < 4.78 is 82.0. The molecule has 160 valence electrons. The molecule has 1 aromatic carbocycles. The lowest BCUT2D eigenvalue weighted by Gasteiger charge is -2.29. The number of hydrogen-bond acceptors (Lipinski definition) is 0. The van der Waals surface area contributed by atoms with Gasteiger partial charge in [-0.1, -0.05) is 12.1 Å². The fourth-order valence-corrected chi connectivity index (χ4v) is 3.33. The van der Waals surface area contributed by atoms with E-state index in [0.29, 0.717) is 22.4 Å². The Morgan fingerprint density at radius 3 is 1.69 bits per heavy atom. The van der Waals surface area contributed by atoms with Crippen LogP contribution in [0.5, 0.6) is 0 Å². The lowest BCUT2D eigenvalue weighted by molar-refractivity contribution is -0.661. The van der Waals surface area contributed by atoms with Gasteiger partial charge in [0.05, 0.1) is 10.8 Å². The summed E-state index contributed by atoms with van der Waals surface area (Å²) in [6, 6.07) is 6.17. The summed E-state index contributed by atoms with van der Waals surface area (Å²) in [6.45, 7) is 7.83. The zero-order valence-electron chi connectivity index (χ0n) is 17.6. The molecule has 7 heteroatoms. The van der Waals surface area contributed by atoms with Gasteiger partial charge in [-0.05, 0) is 64.3 Å². The normalized spacial score (nSPS) is 13.7. The highest BCUT2D eigenvalue weighted by Crippen LogP contribution is 2.43. The van der Waals surface area contributed by atoms with E-state index in [9.17, 15) is 26.3 Å². The second kappa shape index (κ2) is 7.03. The predicted molar refractivity (Wildman–Crippen MR) is 101 cm³/mol. The molecule has 0 amide bonds. The van der Waals surface area contributed by atoms with Crippen molar-refractivity contribution in [2.75, 3.05) is 0 Å². The van der Waals surface area contributed by atoms with Crippen molar-refractivity contribution in [1.29, 1.82) is 0 Å². The van der Waals surface area contributed by atoms with Crippen molar-refractivity contribution in [1.82, 2.24) is 0 Å². The van der Waals surface area contributed by atoms with Crippen LogP contribution in [0.15, 0.2) is 30.5 Å². The van der Waals surface area contributed by atoms with E-state index in [2.05, 4.69) is 0 Å². The molecule has 0 saturated heterocycles. The van der Waals surface area contributed by atoms with Gasteiger partial charge >= 0.3 is 12.4 Å². The first kappa shape index (κ1) is 23.2. The molecule has 0 aliphatic heterocycles. The van der Waals surface area contributed by atoms with E-state index < -0.39 is 23.2 Å². The average molecular weight is 418 g/mol. The number of aromatic nitrogens is 1. The number of pyridine rings is 1. The predicted octanol–water partition coefficient (Wildman–Crippen LogP) is 6.47. The van der Waals surface area contributed by atoms with E-state index in [-0.39, 0.29) is 11.1 Å². The molecule has 1 heterocycles. The van der Waals surface area contributed by atoms with Crippen LogP contribution < -0.4 is 4.57 Å². The first-order valence-electron chi connectivity index (χ1n) is 9.17. The van der Waals surface area contributed by atoms with Crippen LogP contribution in [0.25, 0.3) is 11.3 Å². The number of alkyl halides is 6. The molecule has 0 atom stereocenters. The third-order valence-corrected chi connectivity index (χ3v) is 5.80. The van der Waals surface area contributed by atoms with E-state index in [0.717, 1.165) is 27.7 Å². The molecule has 1 nitrogen and oxygen atoms in total. The standard InChI is InChI=1S/C22H26F6N/c1-13-10-15(19(3,4)21(23,24)25)8-9-16(13)18-11-14(2)17(12-29(18)7)20(5,6)22(26,27)28/h8-12H,1-7H3/q+1. The summed E-state index contributed by atoms with van der Waals surface area (Å²) in [7, 11) is 1.64. The van der Waals surface area contributed by atoms with Gasteiger partial charge in [0.25, 0.3) is 0 Å². The quantitative estimate of drug-likeness (QED) is 0.397. The summed E-state index contributed by atoms with van der Waals surface area (Å²) in [4.78, 5) is 0. The largest absolute Gasteiger partial charge is 0.398 e. The van der Waals surface area contributed by atoms with Gasteiger partial charge in [0.2, 0.25) is 5.69 Å². The van der Waals surface area contributed by atoms with Crippen LogP contribution in [0, 0.1) is 13.8 Å². The van der Waals surface area contributed by atoms with Gasteiger partial charge in [-0.2, -0.15) is 26.3 Å². The Kier molecular flexibility index (Phi) is 5.63. The maximum absolute atomic E-state index is 13.5.